The second kappa shape index (κ2) is 8.89. The van der Waals surface area contributed by atoms with E-state index in [9.17, 15) is 0 Å². The van der Waals surface area contributed by atoms with Crippen LogP contribution in [0.3, 0.4) is 0 Å². The molecule has 2 N–H and O–H groups in total. The summed E-state index contributed by atoms with van der Waals surface area (Å²) < 4.78 is 0. The molecule has 1 atom stereocenters. The summed E-state index contributed by atoms with van der Waals surface area (Å²) in [6.07, 6.45) is 5.05. The van der Waals surface area contributed by atoms with Gasteiger partial charge in [-0.25, -0.2) is 0 Å². The van der Waals surface area contributed by atoms with Crippen LogP contribution < -0.4 is 5.73 Å². The lowest BCUT2D eigenvalue weighted by Gasteiger charge is -2.29. The van der Waals surface area contributed by atoms with Gasteiger partial charge in [-0.3, -0.25) is 4.90 Å². The van der Waals surface area contributed by atoms with Crippen molar-refractivity contribution in [2.24, 2.45) is 11.7 Å². The van der Waals surface area contributed by atoms with E-state index in [0.29, 0.717) is 6.04 Å². The summed E-state index contributed by atoms with van der Waals surface area (Å²) in [5, 5.41) is 0. The van der Waals surface area contributed by atoms with Crippen LogP contribution in [0.2, 0.25) is 0 Å². The van der Waals surface area contributed by atoms with Crippen molar-refractivity contribution in [3.63, 3.8) is 0 Å². The molecule has 0 aromatic heterocycles. The molecule has 1 fully saturated rings. The lowest BCUT2D eigenvalue weighted by molar-refractivity contribution is 0.184. The van der Waals surface area contributed by atoms with Gasteiger partial charge in [-0.2, -0.15) is 0 Å². The molecule has 0 aromatic rings. The minimum atomic E-state index is 0.708. The quantitative estimate of drug-likeness (QED) is 0.757. The first-order valence-electron chi connectivity index (χ1n) is 7.83. The van der Waals surface area contributed by atoms with Crippen LogP contribution in [0.5, 0.6) is 0 Å². The number of hydrogen-bond donors (Lipinski definition) is 1. The van der Waals surface area contributed by atoms with E-state index in [4.69, 9.17) is 5.73 Å². The molecule has 1 unspecified atom stereocenters. The maximum Gasteiger partial charge on any atom is 0.0112 e. The minimum Gasteiger partial charge on any atom is -0.330 e. The third kappa shape index (κ3) is 5.68. The SMILES string of the molecule is CCC(CCN)N1CCCN(CCC(C)C)CC1. The minimum absolute atomic E-state index is 0.708. The van der Waals surface area contributed by atoms with Crippen molar-refractivity contribution in [3.8, 4) is 0 Å². The highest BCUT2D eigenvalue weighted by molar-refractivity contribution is 4.76. The average molecular weight is 255 g/mol. The van der Waals surface area contributed by atoms with Crippen LogP contribution in [0, 0.1) is 5.92 Å². The van der Waals surface area contributed by atoms with Crippen molar-refractivity contribution < 1.29 is 0 Å². The Bertz CT molecular complexity index is 206. The van der Waals surface area contributed by atoms with E-state index in [1.807, 2.05) is 0 Å². The summed E-state index contributed by atoms with van der Waals surface area (Å²) in [5.74, 6) is 0.824. The van der Waals surface area contributed by atoms with Crippen LogP contribution in [0.25, 0.3) is 0 Å². The average Bonchev–Trinajstić information content (AvgIpc) is 2.59. The maximum absolute atomic E-state index is 5.72. The van der Waals surface area contributed by atoms with Gasteiger partial charge in [-0.1, -0.05) is 20.8 Å². The molecule has 0 saturated carbocycles. The Labute approximate surface area is 114 Å². The second-order valence-electron chi connectivity index (χ2n) is 6.05. The summed E-state index contributed by atoms with van der Waals surface area (Å²) >= 11 is 0. The van der Waals surface area contributed by atoms with Crippen LogP contribution in [0.15, 0.2) is 0 Å². The van der Waals surface area contributed by atoms with Crippen LogP contribution >= 0.6 is 0 Å². The van der Waals surface area contributed by atoms with Crippen molar-refractivity contribution >= 4 is 0 Å². The van der Waals surface area contributed by atoms with Crippen molar-refractivity contribution in [3.05, 3.63) is 0 Å². The van der Waals surface area contributed by atoms with E-state index in [-0.39, 0.29) is 0 Å². The Balaban J connectivity index is 2.35. The normalized spacial score (nSPS) is 21.2. The first-order chi connectivity index (χ1) is 8.67. The molecular formula is C15H33N3. The molecule has 3 heteroatoms. The van der Waals surface area contributed by atoms with Gasteiger partial charge in [0, 0.05) is 19.1 Å². The monoisotopic (exact) mass is 255 g/mol. The molecule has 0 aromatic carbocycles. The van der Waals surface area contributed by atoms with Gasteiger partial charge in [-0.05, 0) is 57.8 Å². The molecule has 1 aliphatic rings. The molecule has 1 saturated heterocycles. The van der Waals surface area contributed by atoms with Gasteiger partial charge in [-0.15, -0.1) is 0 Å². The smallest absolute Gasteiger partial charge is 0.0112 e. The fourth-order valence-corrected chi connectivity index (χ4v) is 2.86. The van der Waals surface area contributed by atoms with Gasteiger partial charge in [0.1, 0.15) is 0 Å². The van der Waals surface area contributed by atoms with Crippen molar-refractivity contribution in [2.45, 2.75) is 52.5 Å². The standard InChI is InChI=1S/C15H33N3/c1-4-15(6-8-16)18-10-5-9-17(12-13-18)11-7-14(2)3/h14-15H,4-13,16H2,1-3H3. The van der Waals surface area contributed by atoms with Gasteiger partial charge in [0.25, 0.3) is 0 Å². The van der Waals surface area contributed by atoms with Crippen LogP contribution in [0.1, 0.15) is 46.5 Å². The largest absolute Gasteiger partial charge is 0.330 e. The van der Waals surface area contributed by atoms with Crippen molar-refractivity contribution in [1.29, 1.82) is 0 Å². The predicted octanol–water partition coefficient (Wildman–Crippen LogP) is 2.17. The van der Waals surface area contributed by atoms with E-state index < -0.39 is 0 Å². The fraction of sp³-hybridized carbons (Fsp3) is 1.00. The second-order valence-corrected chi connectivity index (χ2v) is 6.05. The molecular weight excluding hydrogens is 222 g/mol. The van der Waals surface area contributed by atoms with E-state index in [1.54, 1.807) is 0 Å². The number of hydrogen-bond acceptors (Lipinski definition) is 3. The third-order valence-electron chi connectivity index (χ3n) is 4.13. The zero-order valence-corrected chi connectivity index (χ0v) is 12.7. The van der Waals surface area contributed by atoms with Gasteiger partial charge in [0.15, 0.2) is 0 Å². The Hall–Kier alpha value is -0.120. The van der Waals surface area contributed by atoms with Gasteiger partial charge >= 0.3 is 0 Å². The molecule has 0 radical (unpaired) electrons. The Kier molecular flexibility index (Phi) is 7.87. The van der Waals surface area contributed by atoms with Crippen LogP contribution in [-0.4, -0.2) is 55.1 Å². The number of nitrogens with two attached hydrogens (primary N) is 1. The van der Waals surface area contributed by atoms with E-state index in [2.05, 4.69) is 30.6 Å². The van der Waals surface area contributed by atoms with E-state index in [0.717, 1.165) is 18.9 Å². The molecule has 1 rings (SSSR count). The molecule has 1 heterocycles. The molecule has 108 valence electrons. The van der Waals surface area contributed by atoms with E-state index in [1.165, 1.54) is 52.0 Å². The van der Waals surface area contributed by atoms with Gasteiger partial charge in [0.2, 0.25) is 0 Å². The van der Waals surface area contributed by atoms with Crippen molar-refractivity contribution in [1.82, 2.24) is 9.80 Å². The Morgan fingerprint density at radius 1 is 1.06 bits per heavy atom. The first-order valence-corrected chi connectivity index (χ1v) is 7.83. The Morgan fingerprint density at radius 3 is 2.44 bits per heavy atom. The highest BCUT2D eigenvalue weighted by atomic mass is 15.2. The highest BCUT2D eigenvalue weighted by Crippen LogP contribution is 2.13. The zero-order valence-electron chi connectivity index (χ0n) is 12.7. The number of nitrogens with zero attached hydrogens (tertiary/aromatic N) is 2. The Morgan fingerprint density at radius 2 is 1.83 bits per heavy atom. The predicted molar refractivity (Wildman–Crippen MR) is 79.8 cm³/mol. The lowest BCUT2D eigenvalue weighted by Crippen LogP contribution is -2.39. The molecule has 0 bridgehead atoms. The summed E-state index contributed by atoms with van der Waals surface area (Å²) in [6.45, 7) is 14.0. The molecule has 1 aliphatic heterocycles. The van der Waals surface area contributed by atoms with E-state index >= 15 is 0 Å². The van der Waals surface area contributed by atoms with Crippen LogP contribution in [0.4, 0.5) is 0 Å². The van der Waals surface area contributed by atoms with Crippen LogP contribution in [-0.2, 0) is 0 Å². The highest BCUT2D eigenvalue weighted by Gasteiger charge is 2.20. The summed E-state index contributed by atoms with van der Waals surface area (Å²) in [4.78, 5) is 5.32. The fourth-order valence-electron chi connectivity index (χ4n) is 2.86. The summed E-state index contributed by atoms with van der Waals surface area (Å²) in [6, 6.07) is 0.708. The van der Waals surface area contributed by atoms with Gasteiger partial charge < -0.3 is 10.6 Å². The van der Waals surface area contributed by atoms with Crippen molar-refractivity contribution in [2.75, 3.05) is 39.3 Å². The maximum atomic E-state index is 5.72. The molecule has 0 spiro atoms. The molecule has 0 amide bonds. The zero-order chi connectivity index (χ0) is 13.4. The molecule has 0 aliphatic carbocycles. The summed E-state index contributed by atoms with van der Waals surface area (Å²) in [5.41, 5.74) is 5.72. The summed E-state index contributed by atoms with van der Waals surface area (Å²) in [7, 11) is 0. The lowest BCUT2D eigenvalue weighted by atomic mass is 10.1. The number of rotatable bonds is 7. The molecule has 18 heavy (non-hydrogen) atoms. The third-order valence-corrected chi connectivity index (χ3v) is 4.13. The topological polar surface area (TPSA) is 32.5 Å². The van der Waals surface area contributed by atoms with Gasteiger partial charge in [0.05, 0.1) is 0 Å². The first kappa shape index (κ1) is 15.9. The molecule has 3 nitrogen and oxygen atoms in total.